The molecule has 1 fully saturated rings. The summed E-state index contributed by atoms with van der Waals surface area (Å²) in [5.41, 5.74) is 0.721. The highest BCUT2D eigenvalue weighted by Gasteiger charge is 2.40. The number of benzene rings is 2. The summed E-state index contributed by atoms with van der Waals surface area (Å²) in [5, 5.41) is 14.9. The van der Waals surface area contributed by atoms with Crippen LogP contribution < -0.4 is 34.9 Å². The van der Waals surface area contributed by atoms with Crippen molar-refractivity contribution in [2.24, 2.45) is 0 Å². The van der Waals surface area contributed by atoms with E-state index in [1.165, 1.54) is 0 Å². The molecule has 0 aromatic heterocycles. The Morgan fingerprint density at radius 2 is 1.80 bits per heavy atom. The van der Waals surface area contributed by atoms with Crippen molar-refractivity contribution in [2.45, 2.75) is 18.1 Å². The van der Waals surface area contributed by atoms with E-state index in [1.807, 2.05) is 54.6 Å². The Hall–Kier alpha value is -1.30. The fourth-order valence-corrected chi connectivity index (χ4v) is 3.14. The predicted octanol–water partition coefficient (Wildman–Crippen LogP) is -3.88. The summed E-state index contributed by atoms with van der Waals surface area (Å²) in [5.74, 6) is 0.783. The smallest absolute Gasteiger partial charge is 0.122 e. The summed E-state index contributed by atoms with van der Waals surface area (Å²) >= 11 is 0. The summed E-state index contributed by atoms with van der Waals surface area (Å²) in [6, 6.07) is 17.5. The second kappa shape index (κ2) is 10.00. The molecule has 4 nitrogen and oxygen atoms in total. The Kier molecular flexibility index (Phi) is 8.69. The zero-order chi connectivity index (χ0) is 16.1. The van der Waals surface area contributed by atoms with Crippen LogP contribution in [0.1, 0.15) is 11.1 Å². The molecule has 2 aromatic carbocycles. The molecular weight excluding hydrogens is 361 g/mol. The van der Waals surface area contributed by atoms with Crippen LogP contribution in [0.5, 0.6) is 5.75 Å². The molecule has 3 rings (SSSR count). The number of morpholine rings is 1. The molecule has 2 N–H and O–H groups in total. The van der Waals surface area contributed by atoms with Gasteiger partial charge in [-0.1, -0.05) is 48.5 Å². The lowest BCUT2D eigenvalue weighted by molar-refractivity contribution is -0.124. The van der Waals surface area contributed by atoms with Crippen molar-refractivity contribution in [3.8, 4) is 5.75 Å². The number of methoxy groups -OCH3 is 1. The number of aliphatic hydroxyl groups is 1. The standard InChI is InChI=1S/C19H23NO3.2ClH/c1-22-17-10-6-5-7-15(17)13-19(21,16-8-3-2-4-9-16)18-14-20-11-12-23-18;;/h2-10,18,20-21H,11-14H2,1H3;2*1H/p-2/t18-,19+;;/m0../s1. The van der Waals surface area contributed by atoms with Crippen LogP contribution in [0.25, 0.3) is 0 Å². The van der Waals surface area contributed by atoms with Gasteiger partial charge >= 0.3 is 0 Å². The van der Waals surface area contributed by atoms with Gasteiger partial charge < -0.3 is 44.7 Å². The van der Waals surface area contributed by atoms with Gasteiger partial charge in [0.05, 0.1) is 13.7 Å². The minimum absolute atomic E-state index is 0. The molecule has 0 radical (unpaired) electrons. The van der Waals surface area contributed by atoms with Crippen molar-refractivity contribution in [3.05, 3.63) is 65.7 Å². The number of rotatable bonds is 5. The molecular formula is C19H23Cl2NO3-2. The number of ether oxygens (including phenoxy) is 2. The van der Waals surface area contributed by atoms with Crippen LogP contribution in [-0.2, 0) is 16.8 Å². The van der Waals surface area contributed by atoms with Crippen LogP contribution in [0.2, 0.25) is 0 Å². The molecule has 2 atom stereocenters. The van der Waals surface area contributed by atoms with E-state index in [0.717, 1.165) is 23.4 Å². The molecule has 1 aliphatic heterocycles. The zero-order valence-electron chi connectivity index (χ0n) is 14.1. The normalized spacial score (nSPS) is 19.0. The van der Waals surface area contributed by atoms with Crippen LogP contribution in [0, 0.1) is 0 Å². The van der Waals surface area contributed by atoms with Gasteiger partial charge in [-0.2, -0.15) is 0 Å². The monoisotopic (exact) mass is 383 g/mol. The van der Waals surface area contributed by atoms with E-state index in [4.69, 9.17) is 9.47 Å². The van der Waals surface area contributed by atoms with Crippen LogP contribution in [0.4, 0.5) is 0 Å². The molecule has 1 saturated heterocycles. The first kappa shape index (κ1) is 21.7. The van der Waals surface area contributed by atoms with Gasteiger partial charge in [0.25, 0.3) is 0 Å². The Morgan fingerprint density at radius 1 is 1.12 bits per heavy atom. The van der Waals surface area contributed by atoms with Gasteiger partial charge in [0.15, 0.2) is 0 Å². The van der Waals surface area contributed by atoms with Gasteiger partial charge in [0.2, 0.25) is 0 Å². The first-order valence-corrected chi connectivity index (χ1v) is 7.96. The van der Waals surface area contributed by atoms with Crippen molar-refractivity contribution in [1.29, 1.82) is 0 Å². The van der Waals surface area contributed by atoms with Gasteiger partial charge in [-0.3, -0.25) is 0 Å². The van der Waals surface area contributed by atoms with Gasteiger partial charge in [-0.05, 0) is 17.2 Å². The number of nitrogens with one attached hydrogen (secondary N) is 1. The van der Waals surface area contributed by atoms with E-state index in [0.29, 0.717) is 19.6 Å². The minimum atomic E-state index is -1.11. The number of para-hydroxylation sites is 1. The fourth-order valence-electron chi connectivity index (χ4n) is 3.14. The van der Waals surface area contributed by atoms with E-state index in [2.05, 4.69) is 5.32 Å². The zero-order valence-corrected chi connectivity index (χ0v) is 15.6. The van der Waals surface area contributed by atoms with Crippen LogP contribution in [-0.4, -0.2) is 38.0 Å². The van der Waals surface area contributed by atoms with Crippen LogP contribution in [0.3, 0.4) is 0 Å². The first-order valence-electron chi connectivity index (χ1n) is 7.96. The van der Waals surface area contributed by atoms with Gasteiger partial charge in [0.1, 0.15) is 17.5 Å². The van der Waals surface area contributed by atoms with E-state index in [9.17, 15) is 5.11 Å². The summed E-state index contributed by atoms with van der Waals surface area (Å²) in [6.45, 7) is 2.04. The lowest BCUT2D eigenvalue weighted by Gasteiger charge is -2.39. The summed E-state index contributed by atoms with van der Waals surface area (Å²) in [7, 11) is 1.65. The minimum Gasteiger partial charge on any atom is -1.00 e. The Labute approximate surface area is 161 Å². The quantitative estimate of drug-likeness (QED) is 0.554. The maximum atomic E-state index is 11.6. The predicted molar refractivity (Wildman–Crippen MR) is 89.6 cm³/mol. The number of halogens is 2. The van der Waals surface area contributed by atoms with Crippen molar-refractivity contribution < 1.29 is 39.4 Å². The highest BCUT2D eigenvalue weighted by Crippen LogP contribution is 2.34. The van der Waals surface area contributed by atoms with Gasteiger partial charge in [-0.25, -0.2) is 0 Å². The van der Waals surface area contributed by atoms with Crippen molar-refractivity contribution in [3.63, 3.8) is 0 Å². The average molecular weight is 384 g/mol. The van der Waals surface area contributed by atoms with E-state index in [-0.39, 0.29) is 30.9 Å². The van der Waals surface area contributed by atoms with Crippen molar-refractivity contribution in [2.75, 3.05) is 26.8 Å². The maximum absolute atomic E-state index is 11.6. The fraction of sp³-hybridized carbons (Fsp3) is 0.368. The van der Waals surface area contributed by atoms with E-state index in [1.54, 1.807) is 7.11 Å². The summed E-state index contributed by atoms with van der Waals surface area (Å²) < 4.78 is 11.3. The van der Waals surface area contributed by atoms with Crippen LogP contribution >= 0.6 is 0 Å². The molecule has 0 amide bonds. The molecule has 2 aromatic rings. The largest absolute Gasteiger partial charge is 1.00 e. The van der Waals surface area contributed by atoms with Crippen molar-refractivity contribution in [1.82, 2.24) is 5.32 Å². The molecule has 0 bridgehead atoms. The molecule has 0 aliphatic carbocycles. The van der Waals surface area contributed by atoms with Gasteiger partial charge in [-0.15, -0.1) is 0 Å². The molecule has 6 heteroatoms. The Bertz CT molecular complexity index is 636. The second-order valence-corrected chi connectivity index (χ2v) is 5.84. The topological polar surface area (TPSA) is 50.7 Å². The summed E-state index contributed by atoms with van der Waals surface area (Å²) in [4.78, 5) is 0. The first-order chi connectivity index (χ1) is 11.2. The summed E-state index contributed by atoms with van der Waals surface area (Å²) in [6.07, 6.45) is 0.136. The molecule has 0 unspecified atom stereocenters. The van der Waals surface area contributed by atoms with Crippen LogP contribution in [0.15, 0.2) is 54.6 Å². The van der Waals surface area contributed by atoms with Crippen molar-refractivity contribution >= 4 is 0 Å². The SMILES string of the molecule is COc1ccccc1C[C@@](O)(c1ccccc1)[C@@H]1CNCCO1.[Cl-].[Cl-]. The Morgan fingerprint density at radius 3 is 2.44 bits per heavy atom. The molecule has 0 spiro atoms. The highest BCUT2D eigenvalue weighted by molar-refractivity contribution is 5.37. The molecule has 1 heterocycles. The second-order valence-electron chi connectivity index (χ2n) is 5.84. The molecule has 138 valence electrons. The highest BCUT2D eigenvalue weighted by atomic mass is 35.5. The molecule has 1 aliphatic rings. The average Bonchev–Trinajstić information content (AvgIpc) is 2.63. The lowest BCUT2D eigenvalue weighted by atomic mass is 9.81. The number of hydrogen-bond acceptors (Lipinski definition) is 4. The molecule has 25 heavy (non-hydrogen) atoms. The van der Waals surface area contributed by atoms with Gasteiger partial charge in [0, 0.05) is 19.5 Å². The third-order valence-electron chi connectivity index (χ3n) is 4.39. The maximum Gasteiger partial charge on any atom is 0.122 e. The Balaban J connectivity index is 0.00000156. The molecule has 0 saturated carbocycles. The number of hydrogen-bond donors (Lipinski definition) is 2. The van der Waals surface area contributed by atoms with E-state index >= 15 is 0 Å². The third-order valence-corrected chi connectivity index (χ3v) is 4.39. The third kappa shape index (κ3) is 4.87. The lowest BCUT2D eigenvalue weighted by Crippen LogP contribution is -3.00. The van der Waals surface area contributed by atoms with E-state index < -0.39 is 5.60 Å².